The third kappa shape index (κ3) is 4.16. The van der Waals surface area contributed by atoms with Crippen LogP contribution in [0, 0.1) is 13.8 Å². The minimum Gasteiger partial charge on any atom is -0.365 e. The van der Waals surface area contributed by atoms with E-state index in [4.69, 9.17) is 0 Å². The second kappa shape index (κ2) is 8.60. The molecule has 0 aliphatic carbocycles. The van der Waals surface area contributed by atoms with Gasteiger partial charge in [-0.3, -0.25) is 20.1 Å². The lowest BCUT2D eigenvalue weighted by atomic mass is 9.99. The zero-order valence-electron chi connectivity index (χ0n) is 19.8. The highest BCUT2D eigenvalue weighted by Gasteiger charge is 2.41. The van der Waals surface area contributed by atoms with E-state index in [1.165, 1.54) is 4.90 Å². The van der Waals surface area contributed by atoms with E-state index < -0.39 is 30.0 Å². The number of rotatable bonds is 3. The van der Waals surface area contributed by atoms with Crippen LogP contribution >= 0.6 is 0 Å². The summed E-state index contributed by atoms with van der Waals surface area (Å²) in [5, 5.41) is 12.3. The van der Waals surface area contributed by atoms with Gasteiger partial charge in [0.2, 0.25) is 5.82 Å². The second-order valence-corrected chi connectivity index (χ2v) is 9.00. The van der Waals surface area contributed by atoms with E-state index in [2.05, 4.69) is 30.5 Å². The van der Waals surface area contributed by atoms with Gasteiger partial charge in [0.25, 0.3) is 5.91 Å². The topological polar surface area (TPSA) is 132 Å². The number of hydrogen-bond donors (Lipinski definition) is 3. The Morgan fingerprint density at radius 3 is 2.72 bits per heavy atom. The fourth-order valence-corrected chi connectivity index (χ4v) is 4.60. The van der Waals surface area contributed by atoms with Crippen molar-refractivity contribution in [3.63, 3.8) is 0 Å². The third-order valence-corrected chi connectivity index (χ3v) is 6.40. The summed E-state index contributed by atoms with van der Waals surface area (Å²) in [6, 6.07) is 0.727. The molecule has 2 bridgehead atoms. The van der Waals surface area contributed by atoms with Gasteiger partial charge >= 0.3 is 12.2 Å². The second-order valence-electron chi connectivity index (χ2n) is 9.00. The SMILES string of the molecule is Cc1ccc2c(NC(=O)N3c4nc(C(=O)N[C@H](C)C(F)(F)F)nc(C)c4N4CCC[C@H]3C4)n[nH]c2n1. The highest BCUT2D eigenvalue weighted by atomic mass is 19.4. The molecular formula is C22H24F3N9O2. The van der Waals surface area contributed by atoms with Crippen molar-refractivity contribution >= 4 is 40.3 Å². The van der Waals surface area contributed by atoms with E-state index in [-0.39, 0.29) is 17.7 Å². The average molecular weight is 503 g/mol. The molecule has 0 aromatic carbocycles. The van der Waals surface area contributed by atoms with Gasteiger partial charge < -0.3 is 10.2 Å². The zero-order chi connectivity index (χ0) is 25.8. The summed E-state index contributed by atoms with van der Waals surface area (Å²) in [5.74, 6) is -1.05. The van der Waals surface area contributed by atoms with Crippen LogP contribution in [0.25, 0.3) is 11.0 Å². The Morgan fingerprint density at radius 2 is 1.97 bits per heavy atom. The average Bonchev–Trinajstić information content (AvgIpc) is 3.19. The lowest BCUT2D eigenvalue weighted by Crippen LogP contribution is -2.56. The number of nitrogens with one attached hydrogen (secondary N) is 3. The minimum atomic E-state index is -4.62. The molecule has 1 fully saturated rings. The van der Waals surface area contributed by atoms with Crippen LogP contribution in [0.3, 0.4) is 0 Å². The number of urea groups is 1. The number of pyridine rings is 1. The summed E-state index contributed by atoms with van der Waals surface area (Å²) in [6.45, 7) is 5.58. The molecule has 3 amide bonds. The molecule has 36 heavy (non-hydrogen) atoms. The quantitative estimate of drug-likeness (QED) is 0.501. The first kappa shape index (κ1) is 23.8. The molecule has 2 atom stereocenters. The van der Waals surface area contributed by atoms with Crippen molar-refractivity contribution in [2.24, 2.45) is 0 Å². The molecule has 2 aliphatic rings. The van der Waals surface area contributed by atoms with E-state index in [0.717, 1.165) is 25.6 Å². The molecule has 2 aliphatic heterocycles. The number of H-pyrrole nitrogens is 1. The van der Waals surface area contributed by atoms with Gasteiger partial charge in [-0.05, 0) is 45.7 Å². The Labute approximate surface area is 203 Å². The van der Waals surface area contributed by atoms with E-state index in [1.807, 2.05) is 17.1 Å². The summed E-state index contributed by atoms with van der Waals surface area (Å²) >= 11 is 0. The van der Waals surface area contributed by atoms with Crippen LogP contribution in [0.1, 0.15) is 41.8 Å². The van der Waals surface area contributed by atoms with Gasteiger partial charge in [0, 0.05) is 18.8 Å². The fraction of sp³-hybridized carbons (Fsp3) is 0.455. The van der Waals surface area contributed by atoms with Crippen molar-refractivity contribution < 1.29 is 22.8 Å². The number of aromatic amines is 1. The number of amides is 3. The Morgan fingerprint density at radius 1 is 1.19 bits per heavy atom. The lowest BCUT2D eigenvalue weighted by Gasteiger charge is -2.46. The maximum absolute atomic E-state index is 13.6. The summed E-state index contributed by atoms with van der Waals surface area (Å²) < 4.78 is 38.9. The Balaban J connectivity index is 1.51. The van der Waals surface area contributed by atoms with Crippen molar-refractivity contribution in [2.45, 2.75) is 51.9 Å². The van der Waals surface area contributed by atoms with Gasteiger partial charge in [-0.15, -0.1) is 0 Å². The fourth-order valence-electron chi connectivity index (χ4n) is 4.60. The normalized spacial score (nSPS) is 18.1. The Hall–Kier alpha value is -3.97. The van der Waals surface area contributed by atoms with Crippen LogP contribution in [-0.4, -0.2) is 68.4 Å². The standard InChI is InChI=1S/C22H24F3N9O2/c1-10-6-7-14-16(26-10)31-32-17(14)30-21(36)34-13-5-4-8-33(9-13)15-11(2)27-18(29-19(15)34)20(35)28-12(3)22(23,24)25/h6-7,12-13H,4-5,8-9H2,1-3H3,(H,28,35)(H2,26,30,31,32,36)/t12-,13+/m1/s1. The van der Waals surface area contributed by atoms with Crippen LogP contribution in [0.4, 0.5) is 35.3 Å². The molecule has 1 saturated heterocycles. The minimum absolute atomic E-state index is 0.176. The molecule has 0 spiro atoms. The number of aromatic nitrogens is 5. The largest absolute Gasteiger partial charge is 0.408 e. The molecule has 5 rings (SSSR count). The molecule has 11 nitrogen and oxygen atoms in total. The van der Waals surface area contributed by atoms with Crippen molar-refractivity contribution in [3.8, 4) is 0 Å². The first-order chi connectivity index (χ1) is 17.0. The molecule has 5 heterocycles. The Kier molecular flexibility index (Phi) is 5.68. The van der Waals surface area contributed by atoms with Crippen molar-refractivity contribution in [1.29, 1.82) is 0 Å². The molecule has 0 saturated carbocycles. The van der Waals surface area contributed by atoms with Crippen LogP contribution < -0.4 is 20.4 Å². The van der Waals surface area contributed by atoms with Gasteiger partial charge in [0.15, 0.2) is 17.3 Å². The molecule has 3 aromatic heterocycles. The molecule has 14 heteroatoms. The molecule has 0 unspecified atom stereocenters. The number of aryl methyl sites for hydroxylation is 2. The number of alkyl halides is 3. The summed E-state index contributed by atoms with van der Waals surface area (Å²) in [4.78, 5) is 42.5. The third-order valence-electron chi connectivity index (χ3n) is 6.40. The Bertz CT molecular complexity index is 1360. The number of carbonyl (C=O) groups excluding carboxylic acids is 2. The molecule has 3 N–H and O–H groups in total. The van der Waals surface area contributed by atoms with E-state index >= 15 is 0 Å². The van der Waals surface area contributed by atoms with Crippen LogP contribution in [0.15, 0.2) is 12.1 Å². The smallest absolute Gasteiger partial charge is 0.365 e. The highest BCUT2D eigenvalue weighted by Crippen LogP contribution is 2.40. The molecule has 3 aromatic rings. The number of hydrogen-bond acceptors (Lipinski definition) is 7. The lowest BCUT2D eigenvalue weighted by molar-refractivity contribution is -0.149. The van der Waals surface area contributed by atoms with Gasteiger partial charge in [0.1, 0.15) is 11.7 Å². The molecule has 190 valence electrons. The predicted molar refractivity (Wildman–Crippen MR) is 125 cm³/mol. The van der Waals surface area contributed by atoms with Crippen LogP contribution in [0.5, 0.6) is 0 Å². The summed E-state index contributed by atoms with van der Waals surface area (Å²) in [5.41, 5.74) is 2.27. The van der Waals surface area contributed by atoms with Gasteiger partial charge in [0.05, 0.1) is 17.1 Å². The van der Waals surface area contributed by atoms with E-state index in [9.17, 15) is 22.8 Å². The monoisotopic (exact) mass is 503 g/mol. The number of piperidine rings is 1. The maximum atomic E-state index is 13.6. The van der Waals surface area contributed by atoms with E-state index in [1.54, 1.807) is 19.1 Å². The van der Waals surface area contributed by atoms with Crippen LogP contribution in [-0.2, 0) is 0 Å². The number of nitrogens with zero attached hydrogens (tertiary/aromatic N) is 6. The number of carbonyl (C=O) groups is 2. The summed E-state index contributed by atoms with van der Waals surface area (Å²) in [6.07, 6.45) is -3.10. The highest BCUT2D eigenvalue weighted by molar-refractivity contribution is 6.07. The van der Waals surface area contributed by atoms with E-state index in [0.29, 0.717) is 35.4 Å². The first-order valence-corrected chi connectivity index (χ1v) is 11.5. The van der Waals surface area contributed by atoms with Gasteiger partial charge in [-0.25, -0.2) is 19.7 Å². The van der Waals surface area contributed by atoms with Gasteiger partial charge in [-0.1, -0.05) is 0 Å². The molecule has 0 radical (unpaired) electrons. The summed E-state index contributed by atoms with van der Waals surface area (Å²) in [7, 11) is 0. The number of halogens is 3. The van der Waals surface area contributed by atoms with Crippen molar-refractivity contribution in [3.05, 3.63) is 29.3 Å². The van der Waals surface area contributed by atoms with Crippen LogP contribution in [0.2, 0.25) is 0 Å². The first-order valence-electron chi connectivity index (χ1n) is 11.5. The predicted octanol–water partition coefficient (Wildman–Crippen LogP) is 3.07. The van der Waals surface area contributed by atoms with Crippen molar-refractivity contribution in [2.75, 3.05) is 28.2 Å². The maximum Gasteiger partial charge on any atom is 0.408 e. The number of anilines is 3. The van der Waals surface area contributed by atoms with Crippen molar-refractivity contribution in [1.82, 2.24) is 30.5 Å². The number of fused-ring (bicyclic) bond motifs is 5. The van der Waals surface area contributed by atoms with Gasteiger partial charge in [-0.2, -0.15) is 18.3 Å². The molecular weight excluding hydrogens is 479 g/mol. The zero-order valence-corrected chi connectivity index (χ0v) is 19.8.